The zero-order valence-corrected chi connectivity index (χ0v) is 8.51. The van der Waals surface area contributed by atoms with E-state index >= 15 is 0 Å². The Hall–Kier alpha value is -0.710. The molecule has 0 aliphatic carbocycles. The molecule has 0 saturated heterocycles. The Labute approximate surface area is 83.1 Å². The fourth-order valence-corrected chi connectivity index (χ4v) is 1.31. The molecule has 0 spiro atoms. The van der Waals surface area contributed by atoms with E-state index in [0.29, 0.717) is 11.1 Å². The van der Waals surface area contributed by atoms with Crippen molar-refractivity contribution in [2.45, 2.75) is 11.8 Å². The van der Waals surface area contributed by atoms with Gasteiger partial charge >= 0.3 is 0 Å². The van der Waals surface area contributed by atoms with E-state index in [2.05, 4.69) is 20.9 Å². The first kappa shape index (κ1) is 10.4. The third kappa shape index (κ3) is 2.37. The summed E-state index contributed by atoms with van der Waals surface area (Å²) in [6.07, 6.45) is -1.17. The maximum Gasteiger partial charge on any atom is 0.280 e. The van der Waals surface area contributed by atoms with Crippen LogP contribution in [0.3, 0.4) is 0 Å². The van der Waals surface area contributed by atoms with E-state index in [9.17, 15) is 8.78 Å². The lowest BCUT2D eigenvalue weighted by Crippen LogP contribution is -1.95. The predicted molar refractivity (Wildman–Crippen MR) is 48.4 cm³/mol. The Kier molecular flexibility index (Phi) is 3.59. The number of hydrogen-bond donors (Lipinski definition) is 0. The van der Waals surface area contributed by atoms with Crippen LogP contribution in [0.1, 0.15) is 17.7 Å². The summed E-state index contributed by atoms with van der Waals surface area (Å²) in [7, 11) is 1.44. The van der Waals surface area contributed by atoms with Gasteiger partial charge in [0.05, 0.1) is 7.11 Å². The van der Waals surface area contributed by atoms with Crippen molar-refractivity contribution in [2.24, 2.45) is 0 Å². The number of halogens is 3. The molecule has 72 valence electrons. The second kappa shape index (κ2) is 4.50. The quantitative estimate of drug-likeness (QED) is 0.771. The van der Waals surface area contributed by atoms with E-state index in [0.717, 1.165) is 5.56 Å². The highest BCUT2D eigenvalue weighted by Crippen LogP contribution is 2.25. The molecule has 1 aromatic rings. The van der Waals surface area contributed by atoms with Gasteiger partial charge in [-0.3, -0.25) is 4.98 Å². The fraction of sp³-hybridized carbons (Fsp3) is 0.375. The molecule has 1 aromatic heterocycles. The van der Waals surface area contributed by atoms with E-state index in [1.807, 2.05) is 0 Å². The van der Waals surface area contributed by atoms with E-state index in [-0.39, 0.29) is 5.69 Å². The topological polar surface area (TPSA) is 22.1 Å². The number of aromatic nitrogens is 1. The fourth-order valence-electron chi connectivity index (χ4n) is 0.890. The van der Waals surface area contributed by atoms with E-state index in [4.69, 9.17) is 4.74 Å². The molecule has 2 nitrogen and oxygen atoms in total. The van der Waals surface area contributed by atoms with Crippen LogP contribution in [-0.4, -0.2) is 12.1 Å². The van der Waals surface area contributed by atoms with Crippen molar-refractivity contribution in [3.05, 3.63) is 23.5 Å². The van der Waals surface area contributed by atoms with Gasteiger partial charge in [-0.05, 0) is 0 Å². The highest BCUT2D eigenvalue weighted by Gasteiger charge is 2.11. The second-order valence-electron chi connectivity index (χ2n) is 2.36. The minimum absolute atomic E-state index is 0.262. The number of alkyl halides is 3. The molecule has 0 bridgehead atoms. The average Bonchev–Trinajstić information content (AvgIpc) is 2.16. The standard InChI is InChI=1S/C8H8BrF2NO/c1-13-7-2-6(8(10)11)12-4-5(7)3-9/h2,4,8H,3H2,1H3. The lowest BCUT2D eigenvalue weighted by molar-refractivity contribution is 0.145. The van der Waals surface area contributed by atoms with Gasteiger partial charge < -0.3 is 4.74 Å². The van der Waals surface area contributed by atoms with Crippen molar-refractivity contribution in [3.8, 4) is 5.75 Å². The number of nitrogens with zero attached hydrogens (tertiary/aromatic N) is 1. The number of rotatable bonds is 3. The largest absolute Gasteiger partial charge is 0.496 e. The van der Waals surface area contributed by atoms with Gasteiger partial charge in [-0.2, -0.15) is 0 Å². The molecule has 0 aliphatic rings. The second-order valence-corrected chi connectivity index (χ2v) is 2.92. The Balaban J connectivity index is 3.05. The number of ether oxygens (including phenoxy) is 1. The first-order valence-electron chi connectivity index (χ1n) is 3.56. The summed E-state index contributed by atoms with van der Waals surface area (Å²) in [5.41, 5.74) is 0.494. The maximum absolute atomic E-state index is 12.2. The minimum Gasteiger partial charge on any atom is -0.496 e. The highest BCUT2D eigenvalue weighted by atomic mass is 79.9. The molecule has 0 amide bonds. The highest BCUT2D eigenvalue weighted by molar-refractivity contribution is 9.08. The summed E-state index contributed by atoms with van der Waals surface area (Å²) in [6.45, 7) is 0. The van der Waals surface area contributed by atoms with Crippen molar-refractivity contribution in [2.75, 3.05) is 7.11 Å². The van der Waals surface area contributed by atoms with Gasteiger partial charge in [0.15, 0.2) is 0 Å². The van der Waals surface area contributed by atoms with Crippen LogP contribution in [0.15, 0.2) is 12.3 Å². The molecular formula is C8H8BrF2NO. The van der Waals surface area contributed by atoms with E-state index in [1.165, 1.54) is 19.4 Å². The molecule has 1 rings (SSSR count). The minimum atomic E-state index is -2.56. The Morgan fingerprint density at radius 2 is 2.31 bits per heavy atom. The maximum atomic E-state index is 12.2. The van der Waals surface area contributed by atoms with Crippen LogP contribution in [0.4, 0.5) is 8.78 Å². The normalized spacial score (nSPS) is 10.5. The van der Waals surface area contributed by atoms with Crippen LogP contribution in [0.25, 0.3) is 0 Å². The molecule has 1 heterocycles. The third-order valence-electron chi connectivity index (χ3n) is 1.55. The molecule has 0 unspecified atom stereocenters. The van der Waals surface area contributed by atoms with Crippen LogP contribution in [0.5, 0.6) is 5.75 Å². The van der Waals surface area contributed by atoms with Crippen LogP contribution in [0.2, 0.25) is 0 Å². The summed E-state index contributed by atoms with van der Waals surface area (Å²) in [5, 5.41) is 0.534. The van der Waals surface area contributed by atoms with Crippen LogP contribution < -0.4 is 4.74 Å². The van der Waals surface area contributed by atoms with Crippen molar-refractivity contribution >= 4 is 15.9 Å². The molecule has 0 atom stereocenters. The summed E-state index contributed by atoms with van der Waals surface area (Å²) in [4.78, 5) is 3.60. The summed E-state index contributed by atoms with van der Waals surface area (Å²) in [5.74, 6) is 0.433. The molecular weight excluding hydrogens is 244 g/mol. The molecule has 0 fully saturated rings. The van der Waals surface area contributed by atoms with Crippen molar-refractivity contribution in [3.63, 3.8) is 0 Å². The van der Waals surface area contributed by atoms with E-state index < -0.39 is 6.43 Å². The van der Waals surface area contributed by atoms with Crippen LogP contribution >= 0.6 is 15.9 Å². The first-order chi connectivity index (χ1) is 6.19. The third-order valence-corrected chi connectivity index (χ3v) is 2.16. The summed E-state index contributed by atoms with van der Waals surface area (Å²) >= 11 is 3.20. The Bertz CT molecular complexity index is 293. The van der Waals surface area contributed by atoms with Crippen molar-refractivity contribution in [1.82, 2.24) is 4.98 Å². The monoisotopic (exact) mass is 251 g/mol. The van der Waals surface area contributed by atoms with Gasteiger partial charge in [0.2, 0.25) is 0 Å². The molecule has 0 aliphatic heterocycles. The molecule has 0 saturated carbocycles. The Morgan fingerprint density at radius 3 is 2.77 bits per heavy atom. The van der Waals surface area contributed by atoms with Crippen molar-refractivity contribution in [1.29, 1.82) is 0 Å². The van der Waals surface area contributed by atoms with Gasteiger partial charge in [0, 0.05) is 23.2 Å². The average molecular weight is 252 g/mol. The lowest BCUT2D eigenvalue weighted by atomic mass is 10.2. The van der Waals surface area contributed by atoms with E-state index in [1.54, 1.807) is 0 Å². The van der Waals surface area contributed by atoms with Gasteiger partial charge in [0.25, 0.3) is 6.43 Å². The summed E-state index contributed by atoms with van der Waals surface area (Å²) in [6, 6.07) is 1.25. The molecule has 13 heavy (non-hydrogen) atoms. The van der Waals surface area contributed by atoms with Crippen LogP contribution in [-0.2, 0) is 5.33 Å². The van der Waals surface area contributed by atoms with Crippen molar-refractivity contribution < 1.29 is 13.5 Å². The van der Waals surface area contributed by atoms with Crippen LogP contribution in [0, 0.1) is 0 Å². The molecule has 0 aromatic carbocycles. The Morgan fingerprint density at radius 1 is 1.62 bits per heavy atom. The molecule has 0 radical (unpaired) electrons. The summed E-state index contributed by atoms with van der Waals surface area (Å²) < 4.78 is 29.3. The lowest BCUT2D eigenvalue weighted by Gasteiger charge is -2.06. The smallest absolute Gasteiger partial charge is 0.280 e. The number of pyridine rings is 1. The van der Waals surface area contributed by atoms with Gasteiger partial charge in [-0.1, -0.05) is 15.9 Å². The zero-order chi connectivity index (χ0) is 9.84. The van der Waals surface area contributed by atoms with Gasteiger partial charge in [-0.25, -0.2) is 8.78 Å². The zero-order valence-electron chi connectivity index (χ0n) is 6.93. The number of hydrogen-bond acceptors (Lipinski definition) is 2. The predicted octanol–water partition coefficient (Wildman–Crippen LogP) is 2.92. The first-order valence-corrected chi connectivity index (χ1v) is 4.68. The molecule has 5 heteroatoms. The SMILES string of the molecule is COc1cc(C(F)F)ncc1CBr. The van der Waals surface area contributed by atoms with Gasteiger partial charge in [0.1, 0.15) is 11.4 Å². The molecule has 0 N–H and O–H groups in total. The van der Waals surface area contributed by atoms with Gasteiger partial charge in [-0.15, -0.1) is 0 Å². The number of methoxy groups -OCH3 is 1.